The van der Waals surface area contributed by atoms with Crippen molar-refractivity contribution >= 4 is 34.8 Å². The average Bonchev–Trinajstić information content (AvgIpc) is 2.78. The number of thioether (sulfide) groups is 1. The molecule has 0 heterocycles. The van der Waals surface area contributed by atoms with E-state index in [1.807, 2.05) is 31.2 Å². The van der Waals surface area contributed by atoms with Crippen LogP contribution in [0.3, 0.4) is 0 Å². The van der Waals surface area contributed by atoms with Crippen LogP contribution in [-0.2, 0) is 6.42 Å². The minimum Gasteiger partial charge on any atom is -0.322 e. The summed E-state index contributed by atoms with van der Waals surface area (Å²) in [7, 11) is 0. The van der Waals surface area contributed by atoms with Crippen LogP contribution in [-0.4, -0.2) is 22.9 Å². The van der Waals surface area contributed by atoms with Crippen LogP contribution >= 0.6 is 11.8 Å². The largest absolute Gasteiger partial charge is 0.322 e. The van der Waals surface area contributed by atoms with E-state index >= 15 is 0 Å². The summed E-state index contributed by atoms with van der Waals surface area (Å²) >= 11 is 1.24. The van der Waals surface area contributed by atoms with Gasteiger partial charge < -0.3 is 5.32 Å². The maximum Gasteiger partial charge on any atom is 0.283 e. The second-order valence-electron chi connectivity index (χ2n) is 6.48. The second kappa shape index (κ2) is 9.37. The number of para-hydroxylation sites is 1. The smallest absolute Gasteiger partial charge is 0.283 e. The number of nitro benzene ring substituents is 1. The highest BCUT2D eigenvalue weighted by Crippen LogP contribution is 2.29. The fourth-order valence-corrected chi connectivity index (χ4v) is 3.70. The molecule has 0 spiro atoms. The van der Waals surface area contributed by atoms with Crippen LogP contribution in [0, 0.1) is 10.1 Å². The third-order valence-corrected chi connectivity index (χ3v) is 5.49. The summed E-state index contributed by atoms with van der Waals surface area (Å²) in [6, 6.07) is 18.3. The molecule has 0 saturated carbocycles. The normalized spacial score (nSPS) is 10.5. The number of ketones is 1. The fourth-order valence-electron chi connectivity index (χ4n) is 3.15. The third-order valence-electron chi connectivity index (χ3n) is 4.70. The molecule has 0 atom stereocenters. The molecule has 1 amide bonds. The standard InChI is InChI=1S/C23H20N2O4S/c1-3-15-8-4-7-11-19(15)24-23(27)18-10-6-5-9-17(18)22(26)16-12-13-21(30-2)20(14-16)25(28)29/h4-14H,3H2,1-2H3,(H,24,27). The van der Waals surface area contributed by atoms with Crippen LogP contribution in [0.1, 0.15) is 38.8 Å². The van der Waals surface area contributed by atoms with Crippen molar-refractivity contribution in [3.63, 3.8) is 0 Å². The average molecular weight is 420 g/mol. The molecule has 0 unspecified atom stereocenters. The molecule has 3 rings (SSSR count). The second-order valence-corrected chi connectivity index (χ2v) is 7.33. The van der Waals surface area contributed by atoms with Gasteiger partial charge in [-0.3, -0.25) is 19.7 Å². The Balaban J connectivity index is 1.97. The number of nitrogens with zero attached hydrogens (tertiary/aromatic N) is 1. The Morgan fingerprint density at radius 1 is 1.00 bits per heavy atom. The Bertz CT molecular complexity index is 1130. The first kappa shape index (κ1) is 21.3. The summed E-state index contributed by atoms with van der Waals surface area (Å²) in [5, 5.41) is 14.2. The summed E-state index contributed by atoms with van der Waals surface area (Å²) in [4.78, 5) is 37.4. The van der Waals surface area contributed by atoms with Crippen molar-refractivity contribution in [2.24, 2.45) is 0 Å². The maximum absolute atomic E-state index is 13.1. The molecule has 30 heavy (non-hydrogen) atoms. The van der Waals surface area contributed by atoms with Crippen LogP contribution in [0.4, 0.5) is 11.4 Å². The molecule has 1 N–H and O–H groups in total. The van der Waals surface area contributed by atoms with E-state index < -0.39 is 16.6 Å². The summed E-state index contributed by atoms with van der Waals surface area (Å²) in [5.41, 5.74) is 2.10. The van der Waals surface area contributed by atoms with E-state index in [1.54, 1.807) is 42.7 Å². The number of benzene rings is 3. The molecule has 0 fully saturated rings. The molecule has 0 aromatic heterocycles. The number of amides is 1. The summed E-state index contributed by atoms with van der Waals surface area (Å²) < 4.78 is 0. The lowest BCUT2D eigenvalue weighted by atomic mass is 9.97. The van der Waals surface area contributed by atoms with Gasteiger partial charge in [0.1, 0.15) is 0 Å². The highest BCUT2D eigenvalue weighted by molar-refractivity contribution is 7.98. The van der Waals surface area contributed by atoms with Gasteiger partial charge >= 0.3 is 0 Å². The van der Waals surface area contributed by atoms with Crippen LogP contribution < -0.4 is 5.32 Å². The molecule has 0 aliphatic rings. The molecule has 152 valence electrons. The Labute approximate surface area is 178 Å². The SMILES string of the molecule is CCc1ccccc1NC(=O)c1ccccc1C(=O)c1ccc(SC)c([N+](=O)[O-])c1. The first-order valence-corrected chi connectivity index (χ1v) is 10.5. The lowest BCUT2D eigenvalue weighted by Crippen LogP contribution is -2.17. The molecular formula is C23H20N2O4S. The molecule has 0 aliphatic heterocycles. The van der Waals surface area contributed by atoms with Crippen LogP contribution in [0.15, 0.2) is 71.6 Å². The van der Waals surface area contributed by atoms with Gasteiger partial charge in [0.05, 0.1) is 15.4 Å². The Hall–Kier alpha value is -3.45. The monoisotopic (exact) mass is 420 g/mol. The minimum absolute atomic E-state index is 0.132. The minimum atomic E-state index is -0.511. The molecule has 6 nitrogen and oxygen atoms in total. The third kappa shape index (κ3) is 4.41. The molecule has 0 radical (unpaired) electrons. The molecule has 0 bridgehead atoms. The van der Waals surface area contributed by atoms with E-state index in [0.29, 0.717) is 10.6 Å². The number of nitro groups is 1. The summed E-state index contributed by atoms with van der Waals surface area (Å²) in [5.74, 6) is -0.852. The van der Waals surface area contributed by atoms with Gasteiger partial charge in [0.25, 0.3) is 11.6 Å². The van der Waals surface area contributed by atoms with E-state index in [2.05, 4.69) is 5.32 Å². The number of anilines is 1. The van der Waals surface area contributed by atoms with Gasteiger partial charge in [-0.05, 0) is 42.5 Å². The zero-order valence-corrected chi connectivity index (χ0v) is 17.4. The van der Waals surface area contributed by atoms with Crippen LogP contribution in [0.5, 0.6) is 0 Å². The number of aryl methyl sites for hydroxylation is 1. The predicted molar refractivity (Wildman–Crippen MR) is 119 cm³/mol. The topological polar surface area (TPSA) is 89.3 Å². The number of rotatable bonds is 7. The molecule has 0 aliphatic carbocycles. The summed E-state index contributed by atoms with van der Waals surface area (Å²) in [6.45, 7) is 1.99. The van der Waals surface area contributed by atoms with Gasteiger partial charge in [-0.25, -0.2) is 0 Å². The zero-order chi connectivity index (χ0) is 21.7. The van der Waals surface area contributed by atoms with E-state index in [9.17, 15) is 19.7 Å². The van der Waals surface area contributed by atoms with Crippen molar-refractivity contribution in [1.82, 2.24) is 0 Å². The first-order chi connectivity index (χ1) is 14.5. The Kier molecular flexibility index (Phi) is 6.64. The quantitative estimate of drug-likeness (QED) is 0.240. The Morgan fingerprint density at radius 2 is 1.67 bits per heavy atom. The first-order valence-electron chi connectivity index (χ1n) is 9.31. The van der Waals surface area contributed by atoms with Gasteiger partial charge in [-0.15, -0.1) is 11.8 Å². The van der Waals surface area contributed by atoms with Gasteiger partial charge in [0, 0.05) is 22.9 Å². The van der Waals surface area contributed by atoms with E-state index in [4.69, 9.17) is 0 Å². The van der Waals surface area contributed by atoms with E-state index in [1.165, 1.54) is 17.8 Å². The lowest BCUT2D eigenvalue weighted by molar-refractivity contribution is -0.387. The molecule has 3 aromatic rings. The lowest BCUT2D eigenvalue weighted by Gasteiger charge is -2.12. The van der Waals surface area contributed by atoms with Crippen molar-refractivity contribution in [2.75, 3.05) is 11.6 Å². The molecule has 7 heteroatoms. The van der Waals surface area contributed by atoms with Gasteiger partial charge in [0.15, 0.2) is 5.78 Å². The highest BCUT2D eigenvalue weighted by Gasteiger charge is 2.22. The number of carbonyl (C=O) groups excluding carboxylic acids is 2. The predicted octanol–water partition coefficient (Wildman–Crippen LogP) is 5.36. The Morgan fingerprint density at radius 3 is 2.33 bits per heavy atom. The summed E-state index contributed by atoms with van der Waals surface area (Å²) in [6.07, 6.45) is 2.49. The number of nitrogens with one attached hydrogen (secondary N) is 1. The van der Waals surface area contributed by atoms with Crippen molar-refractivity contribution in [2.45, 2.75) is 18.2 Å². The number of hydrogen-bond donors (Lipinski definition) is 1. The van der Waals surface area contributed by atoms with Gasteiger partial charge in [0.2, 0.25) is 0 Å². The van der Waals surface area contributed by atoms with Crippen LogP contribution in [0.25, 0.3) is 0 Å². The van der Waals surface area contributed by atoms with Crippen LogP contribution in [0.2, 0.25) is 0 Å². The molecule has 0 saturated heterocycles. The molecule has 3 aromatic carbocycles. The fraction of sp³-hybridized carbons (Fsp3) is 0.130. The van der Waals surface area contributed by atoms with Crippen molar-refractivity contribution in [3.8, 4) is 0 Å². The van der Waals surface area contributed by atoms with Gasteiger partial charge in [-0.1, -0.05) is 43.3 Å². The van der Waals surface area contributed by atoms with Gasteiger partial charge in [-0.2, -0.15) is 0 Å². The zero-order valence-electron chi connectivity index (χ0n) is 16.5. The molecular weight excluding hydrogens is 400 g/mol. The van der Waals surface area contributed by atoms with E-state index in [0.717, 1.165) is 12.0 Å². The maximum atomic E-state index is 13.1. The number of hydrogen-bond acceptors (Lipinski definition) is 5. The van der Waals surface area contributed by atoms with Crippen molar-refractivity contribution in [3.05, 3.63) is 99.1 Å². The van der Waals surface area contributed by atoms with E-state index in [-0.39, 0.29) is 22.4 Å². The number of carbonyl (C=O) groups is 2. The van der Waals surface area contributed by atoms with Crippen molar-refractivity contribution in [1.29, 1.82) is 0 Å². The highest BCUT2D eigenvalue weighted by atomic mass is 32.2. The van der Waals surface area contributed by atoms with Crippen molar-refractivity contribution < 1.29 is 14.5 Å².